The standard InChI is InChI=1S/C17H26N4O/c1-5-17(22)7-6-8-20(11-17)16-10-14(12(2)3)18-15-9-13(4)19-21(15)16/h9-10,12,22H,5-8,11H2,1-4H3/t17-/m1/s1. The molecule has 0 aliphatic carbocycles. The van der Waals surface area contributed by atoms with Gasteiger partial charge >= 0.3 is 0 Å². The topological polar surface area (TPSA) is 53.7 Å². The maximum atomic E-state index is 10.7. The van der Waals surface area contributed by atoms with Crippen molar-refractivity contribution in [1.29, 1.82) is 0 Å². The van der Waals surface area contributed by atoms with Gasteiger partial charge in [-0.2, -0.15) is 9.61 Å². The highest BCUT2D eigenvalue weighted by atomic mass is 16.3. The summed E-state index contributed by atoms with van der Waals surface area (Å²) in [5.74, 6) is 1.42. The van der Waals surface area contributed by atoms with E-state index in [-0.39, 0.29) is 0 Å². The summed E-state index contributed by atoms with van der Waals surface area (Å²) in [5, 5.41) is 15.3. The molecule has 0 saturated carbocycles. The normalized spacial score (nSPS) is 22.7. The predicted octanol–water partition coefficient (Wildman–Crippen LogP) is 2.90. The predicted molar refractivity (Wildman–Crippen MR) is 88.5 cm³/mol. The highest BCUT2D eigenvalue weighted by Crippen LogP contribution is 2.30. The van der Waals surface area contributed by atoms with Crippen LogP contribution < -0.4 is 4.90 Å². The lowest BCUT2D eigenvalue weighted by atomic mass is 9.90. The third kappa shape index (κ3) is 2.70. The number of aromatic nitrogens is 3. The molecular formula is C17H26N4O. The molecule has 0 spiro atoms. The van der Waals surface area contributed by atoms with Crippen LogP contribution in [0.1, 0.15) is 57.3 Å². The van der Waals surface area contributed by atoms with Crippen molar-refractivity contribution in [3.05, 3.63) is 23.5 Å². The first kappa shape index (κ1) is 15.3. The number of β-amino-alcohol motifs (C(OH)–C–C–N with tert-alkyl or cyclic N) is 1. The molecule has 22 heavy (non-hydrogen) atoms. The number of aryl methyl sites for hydroxylation is 1. The molecule has 3 rings (SSSR count). The second-order valence-corrected chi connectivity index (χ2v) is 6.85. The van der Waals surface area contributed by atoms with Gasteiger partial charge in [-0.3, -0.25) is 0 Å². The fraction of sp³-hybridized carbons (Fsp3) is 0.647. The van der Waals surface area contributed by atoms with Crippen molar-refractivity contribution < 1.29 is 5.11 Å². The smallest absolute Gasteiger partial charge is 0.157 e. The van der Waals surface area contributed by atoms with Gasteiger partial charge in [0.1, 0.15) is 5.82 Å². The summed E-state index contributed by atoms with van der Waals surface area (Å²) in [6, 6.07) is 4.15. The van der Waals surface area contributed by atoms with Gasteiger partial charge in [0, 0.05) is 30.9 Å². The molecule has 5 heteroatoms. The Kier molecular flexibility index (Phi) is 3.85. The van der Waals surface area contributed by atoms with E-state index in [0.717, 1.165) is 48.7 Å². The Bertz CT molecular complexity index is 679. The number of nitrogens with zero attached hydrogens (tertiary/aromatic N) is 4. The summed E-state index contributed by atoms with van der Waals surface area (Å²) in [5.41, 5.74) is 2.35. The first-order chi connectivity index (χ1) is 10.4. The average molecular weight is 302 g/mol. The molecule has 0 aromatic carbocycles. The molecule has 1 atom stereocenters. The summed E-state index contributed by atoms with van der Waals surface area (Å²) < 4.78 is 1.92. The van der Waals surface area contributed by atoms with E-state index in [1.165, 1.54) is 0 Å². The van der Waals surface area contributed by atoms with Crippen LogP contribution in [0, 0.1) is 6.92 Å². The molecule has 0 radical (unpaired) electrons. The minimum absolute atomic E-state index is 0.369. The Hall–Kier alpha value is -1.62. The Labute approximate surface area is 132 Å². The zero-order valence-electron chi connectivity index (χ0n) is 14.0. The summed E-state index contributed by atoms with van der Waals surface area (Å²) in [4.78, 5) is 6.98. The van der Waals surface area contributed by atoms with Crippen LogP contribution in [0.25, 0.3) is 5.65 Å². The van der Waals surface area contributed by atoms with Gasteiger partial charge in [0.15, 0.2) is 5.65 Å². The zero-order chi connectivity index (χ0) is 15.9. The highest BCUT2D eigenvalue weighted by Gasteiger charge is 2.32. The average Bonchev–Trinajstić information content (AvgIpc) is 2.86. The molecule has 0 amide bonds. The molecule has 1 aliphatic rings. The molecule has 120 valence electrons. The minimum atomic E-state index is -0.589. The molecule has 1 aliphatic heterocycles. The van der Waals surface area contributed by atoms with Gasteiger partial charge in [-0.25, -0.2) is 4.98 Å². The van der Waals surface area contributed by atoms with Crippen LogP contribution in [-0.2, 0) is 0 Å². The molecule has 5 nitrogen and oxygen atoms in total. The van der Waals surface area contributed by atoms with E-state index >= 15 is 0 Å². The number of piperidine rings is 1. The van der Waals surface area contributed by atoms with Crippen molar-refractivity contribution in [3.63, 3.8) is 0 Å². The fourth-order valence-electron chi connectivity index (χ4n) is 3.21. The van der Waals surface area contributed by atoms with Crippen LogP contribution in [0.15, 0.2) is 12.1 Å². The van der Waals surface area contributed by atoms with E-state index < -0.39 is 5.60 Å². The number of hydrogen-bond acceptors (Lipinski definition) is 4. The first-order valence-electron chi connectivity index (χ1n) is 8.26. The Morgan fingerprint density at radius 1 is 1.36 bits per heavy atom. The second-order valence-electron chi connectivity index (χ2n) is 6.85. The Morgan fingerprint density at radius 2 is 2.14 bits per heavy atom. The van der Waals surface area contributed by atoms with Crippen molar-refractivity contribution in [2.75, 3.05) is 18.0 Å². The van der Waals surface area contributed by atoms with Gasteiger partial charge in [0.2, 0.25) is 0 Å². The maximum absolute atomic E-state index is 10.7. The molecule has 2 aromatic heterocycles. The molecule has 1 saturated heterocycles. The molecule has 1 fully saturated rings. The van der Waals surface area contributed by atoms with Crippen molar-refractivity contribution >= 4 is 11.5 Å². The minimum Gasteiger partial charge on any atom is -0.388 e. The van der Waals surface area contributed by atoms with Crippen molar-refractivity contribution in [3.8, 4) is 0 Å². The van der Waals surface area contributed by atoms with Crippen LogP contribution in [0.3, 0.4) is 0 Å². The lowest BCUT2D eigenvalue weighted by Crippen LogP contribution is -2.48. The van der Waals surface area contributed by atoms with E-state index in [1.807, 2.05) is 17.5 Å². The third-order valence-corrected chi connectivity index (χ3v) is 4.68. The van der Waals surface area contributed by atoms with Crippen LogP contribution in [-0.4, -0.2) is 38.4 Å². The van der Waals surface area contributed by atoms with Gasteiger partial charge in [0.25, 0.3) is 0 Å². The van der Waals surface area contributed by atoms with Gasteiger partial charge in [0.05, 0.1) is 11.3 Å². The van der Waals surface area contributed by atoms with Gasteiger partial charge in [-0.05, 0) is 32.1 Å². The number of hydrogen-bond donors (Lipinski definition) is 1. The molecule has 1 N–H and O–H groups in total. The van der Waals surface area contributed by atoms with E-state index in [0.29, 0.717) is 12.5 Å². The van der Waals surface area contributed by atoms with Crippen molar-refractivity contribution in [2.24, 2.45) is 0 Å². The van der Waals surface area contributed by atoms with Gasteiger partial charge in [-0.15, -0.1) is 0 Å². The highest BCUT2D eigenvalue weighted by molar-refractivity contribution is 5.53. The largest absolute Gasteiger partial charge is 0.388 e. The van der Waals surface area contributed by atoms with E-state index in [9.17, 15) is 5.11 Å². The first-order valence-corrected chi connectivity index (χ1v) is 8.26. The van der Waals surface area contributed by atoms with Crippen LogP contribution in [0.4, 0.5) is 5.82 Å². The Morgan fingerprint density at radius 3 is 2.82 bits per heavy atom. The maximum Gasteiger partial charge on any atom is 0.157 e. The van der Waals surface area contributed by atoms with E-state index in [2.05, 4.69) is 36.8 Å². The van der Waals surface area contributed by atoms with Crippen LogP contribution in [0.5, 0.6) is 0 Å². The fourth-order valence-corrected chi connectivity index (χ4v) is 3.21. The Balaban J connectivity index is 2.08. The van der Waals surface area contributed by atoms with Crippen molar-refractivity contribution in [1.82, 2.24) is 14.6 Å². The summed E-state index contributed by atoms with van der Waals surface area (Å²) >= 11 is 0. The monoisotopic (exact) mass is 302 g/mol. The van der Waals surface area contributed by atoms with E-state index in [1.54, 1.807) is 0 Å². The number of aliphatic hydroxyl groups is 1. The van der Waals surface area contributed by atoms with Crippen LogP contribution in [0.2, 0.25) is 0 Å². The number of anilines is 1. The SMILES string of the molecule is CC[C@@]1(O)CCCN(c2cc(C(C)C)nc3cc(C)nn23)C1. The summed E-state index contributed by atoms with van der Waals surface area (Å²) in [6.45, 7) is 9.99. The second kappa shape index (κ2) is 5.54. The number of fused-ring (bicyclic) bond motifs is 1. The molecule has 3 heterocycles. The van der Waals surface area contributed by atoms with Gasteiger partial charge < -0.3 is 10.0 Å². The molecular weight excluding hydrogens is 276 g/mol. The van der Waals surface area contributed by atoms with Crippen LogP contribution >= 0.6 is 0 Å². The number of rotatable bonds is 3. The van der Waals surface area contributed by atoms with E-state index in [4.69, 9.17) is 4.98 Å². The lowest BCUT2D eigenvalue weighted by Gasteiger charge is -2.40. The third-order valence-electron chi connectivity index (χ3n) is 4.68. The summed E-state index contributed by atoms with van der Waals surface area (Å²) in [7, 11) is 0. The van der Waals surface area contributed by atoms with Crippen molar-refractivity contribution in [2.45, 2.75) is 58.5 Å². The molecule has 2 aromatic rings. The quantitative estimate of drug-likeness (QED) is 0.947. The molecule has 0 unspecified atom stereocenters. The zero-order valence-corrected chi connectivity index (χ0v) is 14.0. The van der Waals surface area contributed by atoms with Gasteiger partial charge in [-0.1, -0.05) is 20.8 Å². The summed E-state index contributed by atoms with van der Waals surface area (Å²) in [6.07, 6.45) is 2.67. The lowest BCUT2D eigenvalue weighted by molar-refractivity contribution is 0.0220. The molecule has 0 bridgehead atoms.